The van der Waals surface area contributed by atoms with E-state index >= 15 is 0 Å². The van der Waals surface area contributed by atoms with Crippen molar-refractivity contribution in [3.05, 3.63) is 54.4 Å². The average Bonchev–Trinajstić information content (AvgIpc) is 2.60. The van der Waals surface area contributed by atoms with Gasteiger partial charge in [0.25, 0.3) is 0 Å². The highest BCUT2D eigenvalue weighted by molar-refractivity contribution is 5.92. The first-order valence-electron chi connectivity index (χ1n) is 9.16. The summed E-state index contributed by atoms with van der Waals surface area (Å²) in [7, 11) is 0. The zero-order chi connectivity index (χ0) is 20.8. The fourth-order valence-electron chi connectivity index (χ4n) is 4.13. The highest BCUT2D eigenvalue weighted by Crippen LogP contribution is 2.55. The molecule has 2 aromatic rings. The van der Waals surface area contributed by atoms with Gasteiger partial charge >= 0.3 is 6.18 Å². The predicted molar refractivity (Wildman–Crippen MR) is 102 cm³/mol. The second-order valence-corrected chi connectivity index (χ2v) is 7.78. The van der Waals surface area contributed by atoms with Gasteiger partial charge in [0.1, 0.15) is 0 Å². The smallest absolute Gasteiger partial charge is 0.366 e. The molecule has 1 aliphatic heterocycles. The maximum absolute atomic E-state index is 12.7. The maximum atomic E-state index is 12.7. The third kappa shape index (κ3) is 3.64. The van der Waals surface area contributed by atoms with Crippen molar-refractivity contribution in [2.45, 2.75) is 19.0 Å². The van der Waals surface area contributed by atoms with Crippen molar-refractivity contribution in [3.8, 4) is 0 Å². The summed E-state index contributed by atoms with van der Waals surface area (Å²) >= 11 is 0. The molecule has 29 heavy (non-hydrogen) atoms. The van der Waals surface area contributed by atoms with E-state index in [4.69, 9.17) is 5.73 Å². The highest BCUT2D eigenvalue weighted by Gasteiger charge is 2.54. The molecule has 1 saturated heterocycles. The molecule has 0 radical (unpaired) electrons. The molecule has 4 rings (SSSR count). The van der Waals surface area contributed by atoms with Crippen LogP contribution in [0.3, 0.4) is 0 Å². The normalized spacial score (nSPS) is 18.1. The highest BCUT2D eigenvalue weighted by atomic mass is 19.4. The van der Waals surface area contributed by atoms with Gasteiger partial charge < -0.3 is 16.0 Å². The van der Waals surface area contributed by atoms with Crippen LogP contribution in [0, 0.1) is 11.3 Å². The molecule has 2 heterocycles. The number of amides is 1. The SMILES string of the molecule is C=C(C(N)=O)C1CC2(C1)CN(c1nccnc1Nc1ccc(C(F)(F)F)cc1)C2. The predicted octanol–water partition coefficient (Wildman–Crippen LogP) is 3.50. The molecule has 1 aliphatic carbocycles. The molecular formula is C20H20F3N5O. The Morgan fingerprint density at radius 2 is 1.79 bits per heavy atom. The lowest BCUT2D eigenvalue weighted by atomic mass is 9.56. The van der Waals surface area contributed by atoms with Gasteiger partial charge in [-0.2, -0.15) is 13.2 Å². The molecule has 3 N–H and O–H groups in total. The minimum absolute atomic E-state index is 0.131. The number of carbonyl (C=O) groups is 1. The van der Waals surface area contributed by atoms with Crippen LogP contribution < -0.4 is 16.0 Å². The van der Waals surface area contributed by atoms with E-state index < -0.39 is 17.6 Å². The van der Waals surface area contributed by atoms with E-state index in [2.05, 4.69) is 26.8 Å². The Morgan fingerprint density at radius 1 is 1.17 bits per heavy atom. The Kier molecular flexibility index (Phi) is 4.48. The summed E-state index contributed by atoms with van der Waals surface area (Å²) in [5.41, 5.74) is 5.71. The molecule has 0 atom stereocenters. The molecule has 2 fully saturated rings. The minimum atomic E-state index is -4.37. The fraction of sp³-hybridized carbons (Fsp3) is 0.350. The van der Waals surface area contributed by atoms with E-state index in [1.807, 2.05) is 0 Å². The molecule has 0 bridgehead atoms. The first kappa shape index (κ1) is 19.2. The van der Waals surface area contributed by atoms with Crippen LogP contribution in [-0.2, 0) is 11.0 Å². The van der Waals surface area contributed by atoms with Gasteiger partial charge in [0, 0.05) is 42.2 Å². The molecule has 2 aliphatic rings. The Balaban J connectivity index is 1.42. The van der Waals surface area contributed by atoms with Crippen LogP contribution in [0.15, 0.2) is 48.8 Å². The number of primary amides is 1. The molecule has 1 amide bonds. The summed E-state index contributed by atoms with van der Waals surface area (Å²) in [6, 6.07) is 4.78. The van der Waals surface area contributed by atoms with Crippen molar-refractivity contribution >= 4 is 23.2 Å². The number of nitrogens with one attached hydrogen (secondary N) is 1. The van der Waals surface area contributed by atoms with Gasteiger partial charge in [0.05, 0.1) is 5.56 Å². The molecule has 6 nitrogen and oxygen atoms in total. The third-order valence-corrected chi connectivity index (χ3v) is 5.67. The second-order valence-electron chi connectivity index (χ2n) is 7.78. The van der Waals surface area contributed by atoms with Crippen LogP contribution in [0.25, 0.3) is 0 Å². The Labute approximate surface area is 165 Å². The first-order chi connectivity index (χ1) is 13.7. The number of rotatable bonds is 5. The zero-order valence-electron chi connectivity index (χ0n) is 15.5. The summed E-state index contributed by atoms with van der Waals surface area (Å²) in [5.74, 6) is 0.828. The minimum Gasteiger partial charge on any atom is -0.366 e. The number of hydrogen-bond donors (Lipinski definition) is 2. The van der Waals surface area contributed by atoms with E-state index in [1.165, 1.54) is 18.3 Å². The first-order valence-corrected chi connectivity index (χ1v) is 9.16. The number of benzene rings is 1. The quantitative estimate of drug-likeness (QED) is 0.747. The number of aromatic nitrogens is 2. The monoisotopic (exact) mass is 403 g/mol. The lowest BCUT2D eigenvalue weighted by molar-refractivity contribution is -0.137. The van der Waals surface area contributed by atoms with Gasteiger partial charge in [0.2, 0.25) is 5.91 Å². The summed E-state index contributed by atoms with van der Waals surface area (Å²) in [6.07, 6.45) is 0.474. The topological polar surface area (TPSA) is 84.1 Å². The third-order valence-electron chi connectivity index (χ3n) is 5.67. The van der Waals surface area contributed by atoms with Crippen molar-refractivity contribution in [1.29, 1.82) is 0 Å². The molecule has 0 unspecified atom stereocenters. The number of carbonyl (C=O) groups excluding carboxylic acids is 1. The summed E-state index contributed by atoms with van der Waals surface area (Å²) in [6.45, 7) is 5.32. The summed E-state index contributed by atoms with van der Waals surface area (Å²) in [4.78, 5) is 22.0. The largest absolute Gasteiger partial charge is 0.416 e. The molecular weight excluding hydrogens is 383 g/mol. The van der Waals surface area contributed by atoms with Crippen molar-refractivity contribution < 1.29 is 18.0 Å². The van der Waals surface area contributed by atoms with Crippen LogP contribution >= 0.6 is 0 Å². The maximum Gasteiger partial charge on any atom is 0.416 e. The molecule has 1 saturated carbocycles. The van der Waals surface area contributed by atoms with Gasteiger partial charge in [-0.25, -0.2) is 9.97 Å². The van der Waals surface area contributed by atoms with Crippen LogP contribution in [-0.4, -0.2) is 29.0 Å². The van der Waals surface area contributed by atoms with Crippen LogP contribution in [0.1, 0.15) is 18.4 Å². The van der Waals surface area contributed by atoms with Gasteiger partial charge in [-0.3, -0.25) is 4.79 Å². The molecule has 1 spiro atoms. The van der Waals surface area contributed by atoms with Gasteiger partial charge in [-0.1, -0.05) is 6.58 Å². The van der Waals surface area contributed by atoms with Gasteiger partial charge in [0.15, 0.2) is 11.6 Å². The number of alkyl halides is 3. The molecule has 9 heteroatoms. The van der Waals surface area contributed by atoms with Crippen molar-refractivity contribution in [2.75, 3.05) is 23.3 Å². The van der Waals surface area contributed by atoms with E-state index in [0.717, 1.165) is 38.1 Å². The second kappa shape index (κ2) is 6.75. The van der Waals surface area contributed by atoms with E-state index in [9.17, 15) is 18.0 Å². The Hall–Kier alpha value is -3.10. The number of nitrogens with two attached hydrogens (primary N) is 1. The Morgan fingerprint density at radius 3 is 2.38 bits per heavy atom. The fourth-order valence-corrected chi connectivity index (χ4v) is 4.13. The van der Waals surface area contributed by atoms with E-state index in [-0.39, 0.29) is 11.3 Å². The van der Waals surface area contributed by atoms with Gasteiger partial charge in [-0.05, 0) is 43.0 Å². The van der Waals surface area contributed by atoms with E-state index in [0.29, 0.717) is 22.9 Å². The standard InChI is InChI=1S/C20H20F3N5O/c1-12(16(24)29)13-8-19(9-13)10-28(11-19)18-17(25-6-7-26-18)27-15-4-2-14(3-5-15)20(21,22)23/h2-7,13H,1,8-11H2,(H2,24,29)(H,25,27). The average molecular weight is 403 g/mol. The van der Waals surface area contributed by atoms with Crippen molar-refractivity contribution in [2.24, 2.45) is 17.1 Å². The summed E-state index contributed by atoms with van der Waals surface area (Å²) in [5, 5.41) is 3.05. The number of nitrogens with zero attached hydrogens (tertiary/aromatic N) is 3. The van der Waals surface area contributed by atoms with Crippen LogP contribution in [0.2, 0.25) is 0 Å². The van der Waals surface area contributed by atoms with Crippen molar-refractivity contribution in [3.63, 3.8) is 0 Å². The summed E-state index contributed by atoms with van der Waals surface area (Å²) < 4.78 is 38.2. The van der Waals surface area contributed by atoms with E-state index in [1.54, 1.807) is 6.20 Å². The Bertz CT molecular complexity index is 943. The molecule has 1 aromatic heterocycles. The lowest BCUT2D eigenvalue weighted by Gasteiger charge is -2.59. The number of halogens is 3. The molecule has 152 valence electrons. The van der Waals surface area contributed by atoms with Crippen LogP contribution in [0.4, 0.5) is 30.5 Å². The zero-order valence-corrected chi connectivity index (χ0v) is 15.5. The van der Waals surface area contributed by atoms with Crippen LogP contribution in [0.5, 0.6) is 0 Å². The lowest BCUT2D eigenvalue weighted by Crippen LogP contribution is -2.63. The number of hydrogen-bond acceptors (Lipinski definition) is 5. The number of anilines is 3. The molecule has 1 aromatic carbocycles. The van der Waals surface area contributed by atoms with Crippen molar-refractivity contribution in [1.82, 2.24) is 9.97 Å². The van der Waals surface area contributed by atoms with Gasteiger partial charge in [-0.15, -0.1) is 0 Å².